The lowest BCUT2D eigenvalue weighted by atomic mass is 9.96. The molecule has 31 heavy (non-hydrogen) atoms. The molecular formula is C20H21F3N4O4. The van der Waals surface area contributed by atoms with Gasteiger partial charge < -0.3 is 24.8 Å². The predicted octanol–water partition coefficient (Wildman–Crippen LogP) is 3.18. The summed E-state index contributed by atoms with van der Waals surface area (Å²) < 4.78 is 58.4. The number of aromatic nitrogens is 2. The van der Waals surface area contributed by atoms with Crippen LogP contribution in [0.1, 0.15) is 47.4 Å². The van der Waals surface area contributed by atoms with Gasteiger partial charge in [-0.2, -0.15) is 18.3 Å². The lowest BCUT2D eigenvalue weighted by molar-refractivity contribution is -0.173. The second kappa shape index (κ2) is 7.63. The molecule has 3 aliphatic heterocycles. The van der Waals surface area contributed by atoms with Gasteiger partial charge in [-0.05, 0) is 30.5 Å². The third kappa shape index (κ3) is 3.89. The van der Waals surface area contributed by atoms with Crippen molar-refractivity contribution in [3.8, 4) is 11.5 Å². The molecule has 2 N–H and O–H groups in total. The number of ether oxygens (including phenoxy) is 3. The standard InChI is InChI=1S/C20H21F3N4O4/c21-20(22,23)17-7-13(11-3-4-15-16(6-11)31-10-30-15)25-18-8-14(26-27(17)18)19(28)24-9-12-2-1-5-29-12/h3-4,6,8,12-13,17,25H,1-2,5,7,9-10H2,(H,24,28)/t12-,13+,17-/m0/s1. The summed E-state index contributed by atoms with van der Waals surface area (Å²) in [5.74, 6) is 0.663. The minimum atomic E-state index is -4.52. The quantitative estimate of drug-likeness (QED) is 0.763. The van der Waals surface area contributed by atoms with E-state index in [9.17, 15) is 18.0 Å². The summed E-state index contributed by atoms with van der Waals surface area (Å²) in [4.78, 5) is 12.5. The van der Waals surface area contributed by atoms with E-state index in [0.717, 1.165) is 17.5 Å². The van der Waals surface area contributed by atoms with Crippen molar-refractivity contribution in [2.75, 3.05) is 25.3 Å². The van der Waals surface area contributed by atoms with E-state index in [-0.39, 0.29) is 30.8 Å². The van der Waals surface area contributed by atoms with Crippen molar-refractivity contribution >= 4 is 11.7 Å². The number of benzene rings is 1. The van der Waals surface area contributed by atoms with E-state index in [1.54, 1.807) is 18.2 Å². The van der Waals surface area contributed by atoms with Crippen molar-refractivity contribution in [1.29, 1.82) is 0 Å². The number of hydrogen-bond donors (Lipinski definition) is 2. The number of rotatable bonds is 4. The fourth-order valence-corrected chi connectivity index (χ4v) is 4.14. The van der Waals surface area contributed by atoms with Crippen LogP contribution in [-0.4, -0.2) is 47.9 Å². The number of hydrogen-bond acceptors (Lipinski definition) is 6. The molecule has 0 aliphatic carbocycles. The smallest absolute Gasteiger partial charge is 0.410 e. The Balaban J connectivity index is 1.39. The van der Waals surface area contributed by atoms with Crippen LogP contribution in [0, 0.1) is 0 Å². The summed E-state index contributed by atoms with van der Waals surface area (Å²) in [6, 6.07) is 3.92. The third-order valence-electron chi connectivity index (χ3n) is 5.74. The zero-order valence-electron chi connectivity index (χ0n) is 16.4. The fraction of sp³-hybridized carbons (Fsp3) is 0.500. The molecule has 0 saturated carbocycles. The molecule has 166 valence electrons. The number of carbonyl (C=O) groups is 1. The van der Waals surface area contributed by atoms with Gasteiger partial charge in [0.25, 0.3) is 5.91 Å². The highest BCUT2D eigenvalue weighted by atomic mass is 19.4. The number of amides is 1. The molecule has 1 amide bonds. The molecule has 0 radical (unpaired) electrons. The zero-order chi connectivity index (χ0) is 21.6. The van der Waals surface area contributed by atoms with Crippen LogP contribution in [0.5, 0.6) is 11.5 Å². The van der Waals surface area contributed by atoms with Crippen LogP contribution in [0.2, 0.25) is 0 Å². The van der Waals surface area contributed by atoms with Gasteiger partial charge in [0.05, 0.1) is 12.1 Å². The average molecular weight is 438 g/mol. The lowest BCUT2D eigenvalue weighted by Crippen LogP contribution is -2.36. The van der Waals surface area contributed by atoms with E-state index in [0.29, 0.717) is 30.2 Å². The van der Waals surface area contributed by atoms with E-state index in [2.05, 4.69) is 15.7 Å². The maximum absolute atomic E-state index is 13.8. The van der Waals surface area contributed by atoms with Crippen LogP contribution in [0.15, 0.2) is 24.3 Å². The summed E-state index contributed by atoms with van der Waals surface area (Å²) >= 11 is 0. The Morgan fingerprint density at radius 3 is 2.87 bits per heavy atom. The first-order valence-corrected chi connectivity index (χ1v) is 10.1. The van der Waals surface area contributed by atoms with Crippen molar-refractivity contribution < 1.29 is 32.2 Å². The fourth-order valence-electron chi connectivity index (χ4n) is 4.14. The highest BCUT2D eigenvalue weighted by Crippen LogP contribution is 2.45. The second-order valence-electron chi connectivity index (χ2n) is 7.81. The predicted molar refractivity (Wildman–Crippen MR) is 102 cm³/mol. The van der Waals surface area contributed by atoms with E-state index >= 15 is 0 Å². The molecule has 5 rings (SSSR count). The van der Waals surface area contributed by atoms with Gasteiger partial charge in [-0.15, -0.1) is 0 Å². The van der Waals surface area contributed by atoms with Gasteiger partial charge in [0.1, 0.15) is 5.82 Å². The van der Waals surface area contributed by atoms with Gasteiger partial charge in [0.2, 0.25) is 6.79 Å². The summed E-state index contributed by atoms with van der Waals surface area (Å²) in [6.07, 6.45) is -3.10. The van der Waals surface area contributed by atoms with Crippen LogP contribution in [-0.2, 0) is 4.74 Å². The Morgan fingerprint density at radius 1 is 1.26 bits per heavy atom. The van der Waals surface area contributed by atoms with Crippen molar-refractivity contribution in [3.05, 3.63) is 35.5 Å². The van der Waals surface area contributed by atoms with Crippen molar-refractivity contribution in [2.24, 2.45) is 0 Å². The molecule has 4 heterocycles. The number of alkyl halides is 3. The molecule has 0 spiro atoms. The molecule has 3 aliphatic rings. The van der Waals surface area contributed by atoms with E-state index in [1.165, 1.54) is 6.07 Å². The van der Waals surface area contributed by atoms with Crippen LogP contribution in [0.3, 0.4) is 0 Å². The van der Waals surface area contributed by atoms with Crippen molar-refractivity contribution in [1.82, 2.24) is 15.1 Å². The summed E-state index contributed by atoms with van der Waals surface area (Å²) in [5, 5.41) is 9.74. The molecule has 1 fully saturated rings. The molecule has 0 bridgehead atoms. The molecule has 0 unspecified atom stereocenters. The Labute approximate surface area is 175 Å². The van der Waals surface area contributed by atoms with Gasteiger partial charge >= 0.3 is 6.18 Å². The van der Waals surface area contributed by atoms with Crippen LogP contribution in [0.25, 0.3) is 0 Å². The molecule has 2 aromatic rings. The number of anilines is 1. The number of halogens is 3. The highest BCUT2D eigenvalue weighted by molar-refractivity contribution is 5.93. The van der Waals surface area contributed by atoms with Crippen LogP contribution >= 0.6 is 0 Å². The van der Waals surface area contributed by atoms with E-state index in [1.807, 2.05) is 0 Å². The van der Waals surface area contributed by atoms with E-state index < -0.39 is 24.2 Å². The number of carbonyl (C=O) groups excluding carboxylic acids is 1. The lowest BCUT2D eigenvalue weighted by Gasteiger charge is -2.33. The molecule has 3 atom stereocenters. The maximum atomic E-state index is 13.8. The first-order chi connectivity index (χ1) is 14.9. The minimum Gasteiger partial charge on any atom is -0.454 e. The zero-order valence-corrected chi connectivity index (χ0v) is 16.4. The largest absolute Gasteiger partial charge is 0.454 e. The summed E-state index contributed by atoms with van der Waals surface area (Å²) in [6.45, 7) is 1.04. The molecule has 11 heteroatoms. The minimum absolute atomic E-state index is 0.0684. The average Bonchev–Trinajstić information content (AvgIpc) is 3.50. The third-order valence-corrected chi connectivity index (χ3v) is 5.74. The second-order valence-corrected chi connectivity index (χ2v) is 7.81. The Bertz CT molecular complexity index is 987. The molecule has 8 nitrogen and oxygen atoms in total. The topological polar surface area (TPSA) is 86.6 Å². The Morgan fingerprint density at radius 2 is 2.10 bits per heavy atom. The SMILES string of the molecule is O=C(NC[C@@H]1CCCO1)c1cc2n(n1)[C@H](C(F)(F)F)C[C@H](c1ccc3c(c1)OCO3)N2. The first kappa shape index (κ1) is 20.0. The molecular weight excluding hydrogens is 417 g/mol. The molecule has 1 aromatic carbocycles. The molecule has 1 aromatic heterocycles. The van der Waals surface area contributed by atoms with Crippen molar-refractivity contribution in [2.45, 2.75) is 43.6 Å². The van der Waals surface area contributed by atoms with Gasteiger partial charge in [-0.3, -0.25) is 4.79 Å². The number of nitrogens with one attached hydrogen (secondary N) is 2. The van der Waals surface area contributed by atoms with Crippen LogP contribution < -0.4 is 20.1 Å². The maximum Gasteiger partial charge on any atom is 0.410 e. The number of fused-ring (bicyclic) bond motifs is 2. The van der Waals surface area contributed by atoms with Crippen LogP contribution in [0.4, 0.5) is 19.0 Å². The van der Waals surface area contributed by atoms with E-state index in [4.69, 9.17) is 14.2 Å². The first-order valence-electron chi connectivity index (χ1n) is 10.1. The Hall–Kier alpha value is -2.95. The summed E-state index contributed by atoms with van der Waals surface area (Å²) in [7, 11) is 0. The van der Waals surface area contributed by atoms with Gasteiger partial charge in [-0.1, -0.05) is 6.07 Å². The Kier molecular flexibility index (Phi) is 4.92. The van der Waals surface area contributed by atoms with Crippen molar-refractivity contribution in [3.63, 3.8) is 0 Å². The number of nitrogens with zero attached hydrogens (tertiary/aromatic N) is 2. The monoisotopic (exact) mass is 438 g/mol. The summed E-state index contributed by atoms with van der Waals surface area (Å²) in [5.41, 5.74) is 0.566. The van der Waals surface area contributed by atoms with Gasteiger partial charge in [-0.25, -0.2) is 4.68 Å². The van der Waals surface area contributed by atoms with Gasteiger partial charge in [0.15, 0.2) is 23.2 Å². The van der Waals surface area contributed by atoms with Gasteiger partial charge in [0, 0.05) is 25.6 Å². The molecule has 1 saturated heterocycles. The highest BCUT2D eigenvalue weighted by Gasteiger charge is 2.47. The normalized spacial score (nSPS) is 24.5.